The van der Waals surface area contributed by atoms with Gasteiger partial charge < -0.3 is 20.3 Å². The van der Waals surface area contributed by atoms with Gasteiger partial charge in [-0.2, -0.15) is 0 Å². The fourth-order valence-corrected chi connectivity index (χ4v) is 4.28. The number of hydrogen-bond acceptors (Lipinski definition) is 3. The number of nitrogens with zero attached hydrogens (tertiary/aromatic N) is 2. The third-order valence-corrected chi connectivity index (χ3v) is 5.94. The molecule has 0 bridgehead atoms. The smallest absolute Gasteiger partial charge is 0.244 e. The summed E-state index contributed by atoms with van der Waals surface area (Å²) < 4.78 is 5.65. The van der Waals surface area contributed by atoms with Crippen molar-refractivity contribution in [3.63, 3.8) is 0 Å². The molecule has 2 heterocycles. The molecule has 0 radical (unpaired) electrons. The minimum atomic E-state index is 0. The molecule has 162 valence electrons. The van der Waals surface area contributed by atoms with Crippen molar-refractivity contribution in [3.8, 4) is 0 Å². The lowest BCUT2D eigenvalue weighted by atomic mass is 9.72. The molecule has 0 atom stereocenters. The Labute approximate surface area is 191 Å². The molecule has 2 aliphatic rings. The van der Waals surface area contributed by atoms with Gasteiger partial charge in [0.25, 0.3) is 0 Å². The minimum Gasteiger partial charge on any atom is -0.381 e. The zero-order chi connectivity index (χ0) is 19.8. The standard InChI is InChI=1S/C22H34N4O2.HI/c1-3-23-21(24-16-20(27)26-12-6-7-13-26)25-17-22(10-14-28-15-11-22)19-9-5-4-8-18(19)2;/h4-5,8-9H,3,6-7,10-17H2,1-2H3,(H2,23,24,25);1H. The number of aryl methyl sites for hydroxylation is 1. The van der Waals surface area contributed by atoms with Crippen LogP contribution in [0.15, 0.2) is 29.3 Å². The van der Waals surface area contributed by atoms with E-state index in [1.54, 1.807) is 0 Å². The summed E-state index contributed by atoms with van der Waals surface area (Å²) in [5, 5.41) is 6.80. The summed E-state index contributed by atoms with van der Waals surface area (Å²) in [6.07, 6.45) is 4.18. The van der Waals surface area contributed by atoms with E-state index in [1.165, 1.54) is 11.1 Å². The summed E-state index contributed by atoms with van der Waals surface area (Å²) in [4.78, 5) is 18.8. The Morgan fingerprint density at radius 3 is 2.52 bits per heavy atom. The first kappa shape index (κ1) is 23.9. The second-order valence-electron chi connectivity index (χ2n) is 7.84. The topological polar surface area (TPSA) is 66.0 Å². The monoisotopic (exact) mass is 514 g/mol. The largest absolute Gasteiger partial charge is 0.381 e. The molecule has 7 heteroatoms. The van der Waals surface area contributed by atoms with Crippen LogP contribution in [0.1, 0.15) is 43.7 Å². The van der Waals surface area contributed by atoms with E-state index in [0.717, 1.165) is 71.0 Å². The molecule has 0 unspecified atom stereocenters. The van der Waals surface area contributed by atoms with Crippen molar-refractivity contribution < 1.29 is 9.53 Å². The molecule has 0 aromatic heterocycles. The van der Waals surface area contributed by atoms with E-state index in [4.69, 9.17) is 4.74 Å². The van der Waals surface area contributed by atoms with E-state index in [1.807, 2.05) is 11.8 Å². The number of rotatable bonds is 6. The van der Waals surface area contributed by atoms with Gasteiger partial charge in [-0.25, -0.2) is 4.99 Å². The van der Waals surface area contributed by atoms with Crippen LogP contribution in [0.25, 0.3) is 0 Å². The van der Waals surface area contributed by atoms with Gasteiger partial charge >= 0.3 is 0 Å². The Hall–Kier alpha value is -1.35. The summed E-state index contributed by atoms with van der Waals surface area (Å²) in [5.74, 6) is 0.837. The van der Waals surface area contributed by atoms with Gasteiger partial charge in [0.1, 0.15) is 6.54 Å². The van der Waals surface area contributed by atoms with Crippen molar-refractivity contribution in [2.75, 3.05) is 45.9 Å². The average Bonchev–Trinajstić information content (AvgIpc) is 3.26. The van der Waals surface area contributed by atoms with Crippen LogP contribution in [0.2, 0.25) is 0 Å². The van der Waals surface area contributed by atoms with E-state index in [9.17, 15) is 4.79 Å². The maximum absolute atomic E-state index is 12.3. The molecule has 2 aliphatic heterocycles. The van der Waals surface area contributed by atoms with Gasteiger partial charge in [0, 0.05) is 44.8 Å². The molecule has 1 aromatic carbocycles. The van der Waals surface area contributed by atoms with E-state index >= 15 is 0 Å². The highest BCUT2D eigenvalue weighted by Gasteiger charge is 2.35. The van der Waals surface area contributed by atoms with Crippen LogP contribution in [0, 0.1) is 6.92 Å². The van der Waals surface area contributed by atoms with Crippen LogP contribution in [0.3, 0.4) is 0 Å². The number of aliphatic imine (C=N–C) groups is 1. The van der Waals surface area contributed by atoms with Crippen molar-refractivity contribution in [2.24, 2.45) is 4.99 Å². The Kier molecular flexibility index (Phi) is 9.68. The summed E-state index contributed by atoms with van der Waals surface area (Å²) in [6.45, 7) is 9.27. The second kappa shape index (κ2) is 11.7. The fourth-order valence-electron chi connectivity index (χ4n) is 4.28. The quantitative estimate of drug-likeness (QED) is 0.348. The van der Waals surface area contributed by atoms with E-state index in [0.29, 0.717) is 0 Å². The van der Waals surface area contributed by atoms with E-state index in [-0.39, 0.29) is 41.8 Å². The molecule has 0 saturated carbocycles. The van der Waals surface area contributed by atoms with Crippen LogP contribution in [-0.2, 0) is 14.9 Å². The Morgan fingerprint density at radius 2 is 1.86 bits per heavy atom. The second-order valence-corrected chi connectivity index (χ2v) is 7.84. The van der Waals surface area contributed by atoms with Crippen molar-refractivity contribution in [2.45, 2.75) is 44.9 Å². The first-order valence-electron chi connectivity index (χ1n) is 10.6. The number of guanidine groups is 1. The molecule has 29 heavy (non-hydrogen) atoms. The molecule has 0 spiro atoms. The van der Waals surface area contributed by atoms with Gasteiger partial charge in [-0.15, -0.1) is 24.0 Å². The number of halogens is 1. The summed E-state index contributed by atoms with van der Waals surface area (Å²) in [5.41, 5.74) is 2.73. The first-order chi connectivity index (χ1) is 13.6. The minimum absolute atomic E-state index is 0. The molecule has 1 amide bonds. The third kappa shape index (κ3) is 6.31. The maximum Gasteiger partial charge on any atom is 0.244 e. The number of ether oxygens (including phenoxy) is 1. The summed E-state index contributed by atoms with van der Waals surface area (Å²) in [7, 11) is 0. The number of benzene rings is 1. The fraction of sp³-hybridized carbons (Fsp3) is 0.636. The highest BCUT2D eigenvalue weighted by Crippen LogP contribution is 2.36. The highest BCUT2D eigenvalue weighted by atomic mass is 127. The number of carbonyl (C=O) groups is 1. The van der Waals surface area contributed by atoms with Crippen LogP contribution in [0.4, 0.5) is 0 Å². The van der Waals surface area contributed by atoms with Gasteiger partial charge in [-0.3, -0.25) is 4.79 Å². The lowest BCUT2D eigenvalue weighted by molar-refractivity contribution is -0.128. The van der Waals surface area contributed by atoms with Gasteiger partial charge in [-0.05, 0) is 50.7 Å². The van der Waals surface area contributed by atoms with Gasteiger partial charge in [-0.1, -0.05) is 24.3 Å². The Bertz CT molecular complexity index is 683. The molecule has 2 N–H and O–H groups in total. The lowest BCUT2D eigenvalue weighted by Gasteiger charge is -2.39. The maximum atomic E-state index is 12.3. The van der Waals surface area contributed by atoms with Crippen molar-refractivity contribution in [1.82, 2.24) is 15.5 Å². The number of amides is 1. The molecule has 2 saturated heterocycles. The zero-order valence-corrected chi connectivity index (χ0v) is 20.0. The van der Waals surface area contributed by atoms with E-state index in [2.05, 4.69) is 46.8 Å². The molecule has 2 fully saturated rings. The predicted octanol–water partition coefficient (Wildman–Crippen LogP) is 2.84. The number of hydrogen-bond donors (Lipinski definition) is 2. The summed E-state index contributed by atoms with van der Waals surface area (Å²) in [6, 6.07) is 8.63. The van der Waals surface area contributed by atoms with Crippen LogP contribution in [-0.4, -0.2) is 62.7 Å². The van der Waals surface area contributed by atoms with Gasteiger partial charge in [0.15, 0.2) is 5.96 Å². The van der Waals surface area contributed by atoms with Crippen LogP contribution >= 0.6 is 24.0 Å². The third-order valence-electron chi connectivity index (χ3n) is 5.94. The highest BCUT2D eigenvalue weighted by molar-refractivity contribution is 14.0. The average molecular weight is 514 g/mol. The molecule has 1 aromatic rings. The molecule has 3 rings (SSSR count). The summed E-state index contributed by atoms with van der Waals surface area (Å²) >= 11 is 0. The van der Waals surface area contributed by atoms with Crippen molar-refractivity contribution in [3.05, 3.63) is 35.4 Å². The number of likely N-dealkylation sites (tertiary alicyclic amines) is 1. The molecule has 0 aliphatic carbocycles. The van der Waals surface area contributed by atoms with Crippen molar-refractivity contribution in [1.29, 1.82) is 0 Å². The van der Waals surface area contributed by atoms with Crippen LogP contribution in [0.5, 0.6) is 0 Å². The predicted molar refractivity (Wildman–Crippen MR) is 128 cm³/mol. The Balaban J connectivity index is 0.00000300. The molecule has 6 nitrogen and oxygen atoms in total. The number of nitrogens with one attached hydrogen (secondary N) is 2. The van der Waals surface area contributed by atoms with Crippen molar-refractivity contribution >= 4 is 35.8 Å². The number of carbonyl (C=O) groups excluding carboxylic acids is 1. The molecular weight excluding hydrogens is 479 g/mol. The van der Waals surface area contributed by atoms with Gasteiger partial charge in [0.2, 0.25) is 5.91 Å². The lowest BCUT2D eigenvalue weighted by Crippen LogP contribution is -2.48. The molecular formula is C22H35IN4O2. The van der Waals surface area contributed by atoms with E-state index < -0.39 is 0 Å². The Morgan fingerprint density at radius 1 is 1.17 bits per heavy atom. The van der Waals surface area contributed by atoms with Gasteiger partial charge in [0.05, 0.1) is 0 Å². The van der Waals surface area contributed by atoms with Crippen LogP contribution < -0.4 is 10.6 Å². The first-order valence-corrected chi connectivity index (χ1v) is 10.6. The normalized spacial score (nSPS) is 18.8. The SMILES string of the molecule is CCNC(=NCC(=O)N1CCCC1)NCC1(c2ccccc2C)CCOCC1.I. The zero-order valence-electron chi connectivity index (χ0n) is 17.7.